The first-order valence-corrected chi connectivity index (χ1v) is 13.5. The molecule has 1 saturated heterocycles. The zero-order valence-corrected chi connectivity index (χ0v) is 22.8. The molecule has 1 aromatic carbocycles. The summed E-state index contributed by atoms with van der Waals surface area (Å²) >= 11 is 0. The molecule has 2 aliphatic heterocycles. The van der Waals surface area contributed by atoms with Crippen LogP contribution >= 0.6 is 0 Å². The Labute approximate surface area is 228 Å². The predicted octanol–water partition coefficient (Wildman–Crippen LogP) is 5.03. The number of rotatable bonds is 10. The van der Waals surface area contributed by atoms with E-state index < -0.39 is 0 Å². The summed E-state index contributed by atoms with van der Waals surface area (Å²) in [5, 5.41) is 6.37. The van der Waals surface area contributed by atoms with Crippen LogP contribution in [0.25, 0.3) is 16.9 Å². The van der Waals surface area contributed by atoms with Crippen molar-refractivity contribution in [3.05, 3.63) is 77.7 Å². The maximum Gasteiger partial charge on any atom is 0.254 e. The summed E-state index contributed by atoms with van der Waals surface area (Å²) in [6.45, 7) is 14.9. The molecule has 0 radical (unpaired) electrons. The van der Waals surface area contributed by atoms with Gasteiger partial charge in [-0.05, 0) is 55.8 Å². The number of hydrogen-bond acceptors (Lipinski definition) is 6. The summed E-state index contributed by atoms with van der Waals surface area (Å²) in [7, 11) is 0. The summed E-state index contributed by atoms with van der Waals surface area (Å²) in [6, 6.07) is 6.65. The van der Waals surface area contributed by atoms with Crippen LogP contribution in [0.4, 0.5) is 10.1 Å². The number of halogens is 1. The van der Waals surface area contributed by atoms with Crippen molar-refractivity contribution in [3.8, 4) is 11.3 Å². The minimum absolute atomic E-state index is 0.149. The molecule has 0 unspecified atom stereocenters. The van der Waals surface area contributed by atoms with Gasteiger partial charge in [0.2, 0.25) is 0 Å². The zero-order valence-electron chi connectivity index (χ0n) is 22.8. The number of fused-ring (bicyclic) bond motifs is 2. The number of nitrogens with one attached hydrogen (secondary N) is 2. The van der Waals surface area contributed by atoms with E-state index in [0.717, 1.165) is 54.2 Å². The highest BCUT2D eigenvalue weighted by molar-refractivity contribution is 6.06. The lowest BCUT2D eigenvalue weighted by Crippen LogP contribution is -2.32. The van der Waals surface area contributed by atoms with E-state index in [1.807, 2.05) is 29.5 Å². The van der Waals surface area contributed by atoms with Crippen LogP contribution < -0.4 is 10.6 Å². The maximum absolute atomic E-state index is 13.7. The van der Waals surface area contributed by atoms with E-state index in [1.54, 1.807) is 12.4 Å². The number of pyridine rings is 1. The number of imidazole rings is 1. The van der Waals surface area contributed by atoms with Gasteiger partial charge in [0.1, 0.15) is 17.3 Å². The SMILES string of the molecule is C=C(/C(CN(CC)CC)=N\C(=C/C)Nc1ccc(-c2cnc3cc(F)ccn23)c2c1C(=O)NC2)[C@H]1CCOC1. The van der Waals surface area contributed by atoms with Gasteiger partial charge in [-0.15, -0.1) is 0 Å². The van der Waals surface area contributed by atoms with Crippen LogP contribution in [0.1, 0.15) is 43.1 Å². The summed E-state index contributed by atoms with van der Waals surface area (Å²) in [5.41, 5.74) is 6.22. The van der Waals surface area contributed by atoms with Crippen LogP contribution in [-0.2, 0) is 11.3 Å². The van der Waals surface area contributed by atoms with Gasteiger partial charge in [-0.25, -0.2) is 14.4 Å². The van der Waals surface area contributed by atoms with Gasteiger partial charge in [0.25, 0.3) is 5.91 Å². The normalized spacial score (nSPS) is 17.7. The van der Waals surface area contributed by atoms with Crippen molar-refractivity contribution >= 4 is 23.0 Å². The van der Waals surface area contributed by atoms with E-state index in [0.29, 0.717) is 42.4 Å². The third-order valence-corrected chi connectivity index (χ3v) is 7.57. The highest BCUT2D eigenvalue weighted by Gasteiger charge is 2.28. The second-order valence-corrected chi connectivity index (χ2v) is 9.82. The Morgan fingerprint density at radius 1 is 1.36 bits per heavy atom. The van der Waals surface area contributed by atoms with Crippen molar-refractivity contribution in [2.45, 2.75) is 33.7 Å². The molecule has 9 heteroatoms. The van der Waals surface area contributed by atoms with Gasteiger partial charge >= 0.3 is 0 Å². The topological polar surface area (TPSA) is 83.3 Å². The molecule has 1 amide bonds. The fourth-order valence-corrected chi connectivity index (χ4v) is 5.21. The van der Waals surface area contributed by atoms with Crippen molar-refractivity contribution in [3.63, 3.8) is 0 Å². The van der Waals surface area contributed by atoms with E-state index in [4.69, 9.17) is 9.73 Å². The molecular formula is C30H35FN6O2. The highest BCUT2D eigenvalue weighted by Crippen LogP contribution is 2.35. The van der Waals surface area contributed by atoms with E-state index in [-0.39, 0.29) is 17.6 Å². The van der Waals surface area contributed by atoms with Crippen LogP contribution in [-0.4, -0.2) is 58.8 Å². The number of nitrogens with zero attached hydrogens (tertiary/aromatic N) is 4. The fraction of sp³-hybridized carbons (Fsp3) is 0.367. The van der Waals surface area contributed by atoms with Crippen LogP contribution in [0.5, 0.6) is 0 Å². The number of aliphatic imine (C=N–C) groups is 1. The monoisotopic (exact) mass is 530 g/mol. The van der Waals surface area contributed by atoms with Crippen molar-refractivity contribution in [1.29, 1.82) is 0 Å². The predicted molar refractivity (Wildman–Crippen MR) is 152 cm³/mol. The summed E-state index contributed by atoms with van der Waals surface area (Å²) in [5.74, 6) is 0.413. The van der Waals surface area contributed by atoms with Crippen LogP contribution in [0, 0.1) is 11.7 Å². The molecule has 4 heterocycles. The van der Waals surface area contributed by atoms with Crippen LogP contribution in [0.2, 0.25) is 0 Å². The molecule has 2 N–H and O–H groups in total. The van der Waals surface area contributed by atoms with E-state index in [1.165, 1.54) is 12.1 Å². The van der Waals surface area contributed by atoms with Crippen molar-refractivity contribution in [2.75, 3.05) is 38.2 Å². The zero-order chi connectivity index (χ0) is 27.5. The number of aromatic nitrogens is 2. The summed E-state index contributed by atoms with van der Waals surface area (Å²) in [6.07, 6.45) is 6.22. The molecule has 0 aliphatic carbocycles. The Kier molecular flexibility index (Phi) is 7.90. The summed E-state index contributed by atoms with van der Waals surface area (Å²) in [4.78, 5) is 24.7. The molecule has 1 fully saturated rings. The minimum Gasteiger partial charge on any atom is -0.381 e. The Hall–Kier alpha value is -3.82. The van der Waals surface area contributed by atoms with Crippen molar-refractivity contribution in [1.82, 2.24) is 19.6 Å². The number of ether oxygens (including phenoxy) is 1. The smallest absolute Gasteiger partial charge is 0.254 e. The number of hydrogen-bond donors (Lipinski definition) is 2. The van der Waals surface area contributed by atoms with Gasteiger partial charge in [0, 0.05) is 43.4 Å². The lowest BCUT2D eigenvalue weighted by atomic mass is 9.95. The molecule has 0 saturated carbocycles. The molecule has 8 nitrogen and oxygen atoms in total. The molecule has 204 valence electrons. The fourth-order valence-electron chi connectivity index (χ4n) is 5.21. The number of carbonyl (C=O) groups excluding carboxylic acids is 1. The van der Waals surface area contributed by atoms with Gasteiger partial charge in [-0.3, -0.25) is 14.1 Å². The Balaban J connectivity index is 1.49. The van der Waals surface area contributed by atoms with Gasteiger partial charge in [0.05, 0.1) is 35.5 Å². The average molecular weight is 531 g/mol. The summed E-state index contributed by atoms with van der Waals surface area (Å²) < 4.78 is 21.2. The Morgan fingerprint density at radius 2 is 2.18 bits per heavy atom. The van der Waals surface area contributed by atoms with Gasteiger partial charge < -0.3 is 15.4 Å². The first-order valence-electron chi connectivity index (χ1n) is 13.5. The quantitative estimate of drug-likeness (QED) is 0.359. The number of amides is 1. The van der Waals surface area contributed by atoms with Gasteiger partial charge in [-0.2, -0.15) is 0 Å². The van der Waals surface area contributed by atoms with Crippen molar-refractivity contribution in [2.24, 2.45) is 10.9 Å². The van der Waals surface area contributed by atoms with E-state index >= 15 is 0 Å². The number of benzene rings is 1. The number of carbonyl (C=O) groups is 1. The number of allylic oxidation sites excluding steroid dienone is 1. The standard InChI is InChI=1S/C30H35FN6O2/c1-5-27(35-25(17-36(6-2)7-3)19(4)20-11-13-39-18-20)34-24-9-8-22(23-15-33-30(38)29(23)24)26-16-32-28-14-21(31)10-12-37(26)28/h5,8-10,12,14,16,20,34H,4,6-7,11,13,15,17-18H2,1-3H3,(H,33,38)/b27-5-,35-25-/t20-/m0/s1. The van der Waals surface area contributed by atoms with Gasteiger partial charge in [0.15, 0.2) is 0 Å². The second-order valence-electron chi connectivity index (χ2n) is 9.82. The van der Waals surface area contributed by atoms with Gasteiger partial charge in [-0.1, -0.05) is 26.5 Å². The second kappa shape index (κ2) is 11.5. The van der Waals surface area contributed by atoms with Crippen molar-refractivity contribution < 1.29 is 13.9 Å². The first-order chi connectivity index (χ1) is 18.9. The lowest BCUT2D eigenvalue weighted by molar-refractivity contribution is 0.0966. The Bertz CT molecular complexity index is 1460. The molecule has 1 atom stereocenters. The van der Waals surface area contributed by atoms with Crippen LogP contribution in [0.15, 0.2) is 65.7 Å². The maximum atomic E-state index is 13.7. The molecule has 0 spiro atoms. The Morgan fingerprint density at radius 3 is 2.90 bits per heavy atom. The van der Waals surface area contributed by atoms with Crippen LogP contribution in [0.3, 0.4) is 0 Å². The molecular weight excluding hydrogens is 495 g/mol. The third-order valence-electron chi connectivity index (χ3n) is 7.57. The first kappa shape index (κ1) is 26.8. The van der Waals surface area contributed by atoms with E-state index in [9.17, 15) is 9.18 Å². The highest BCUT2D eigenvalue weighted by atomic mass is 19.1. The molecule has 39 heavy (non-hydrogen) atoms. The lowest BCUT2D eigenvalue weighted by Gasteiger charge is -2.23. The molecule has 3 aromatic rings. The third kappa shape index (κ3) is 5.37. The largest absolute Gasteiger partial charge is 0.381 e. The molecule has 2 aliphatic rings. The molecule has 0 bridgehead atoms. The minimum atomic E-state index is -0.343. The molecule has 2 aromatic heterocycles. The van der Waals surface area contributed by atoms with E-state index in [2.05, 4.69) is 40.9 Å². The number of anilines is 1. The average Bonchev–Trinajstić information content (AvgIpc) is 3.71. The molecule has 5 rings (SSSR count).